The third kappa shape index (κ3) is 3.16. The molecular weight excluding hydrogens is 378 g/mol. The van der Waals surface area contributed by atoms with Crippen LogP contribution >= 0.6 is 27.3 Å². The zero-order valence-electron chi connectivity index (χ0n) is 12.5. The summed E-state index contributed by atoms with van der Waals surface area (Å²) in [6.45, 7) is 0. The van der Waals surface area contributed by atoms with Crippen LogP contribution in [0.3, 0.4) is 0 Å². The van der Waals surface area contributed by atoms with Gasteiger partial charge in [-0.15, -0.1) is 11.3 Å². The van der Waals surface area contributed by atoms with Gasteiger partial charge in [0, 0.05) is 30.7 Å². The molecule has 0 saturated carbocycles. The number of aromatic nitrogens is 2. The number of anilines is 1. The van der Waals surface area contributed by atoms with Gasteiger partial charge in [-0.2, -0.15) is 0 Å². The molecule has 0 aliphatic carbocycles. The lowest BCUT2D eigenvalue weighted by Gasteiger charge is -2.03. The Labute approximate surface area is 145 Å². The van der Waals surface area contributed by atoms with Crippen molar-refractivity contribution in [1.82, 2.24) is 9.13 Å². The van der Waals surface area contributed by atoms with Crippen molar-refractivity contribution in [3.05, 3.63) is 55.6 Å². The second kappa shape index (κ2) is 6.17. The van der Waals surface area contributed by atoms with Gasteiger partial charge >= 0.3 is 5.69 Å². The Morgan fingerprint density at radius 1 is 1.17 bits per heavy atom. The van der Waals surface area contributed by atoms with Gasteiger partial charge in [-0.25, -0.2) is 4.79 Å². The lowest BCUT2D eigenvalue weighted by molar-refractivity contribution is -0.111. The molecule has 2 heterocycles. The Hall–Kier alpha value is -2.12. The molecule has 0 atom stereocenters. The predicted molar refractivity (Wildman–Crippen MR) is 97.8 cm³/mol. The van der Waals surface area contributed by atoms with Crippen molar-refractivity contribution >= 4 is 56.0 Å². The van der Waals surface area contributed by atoms with Crippen molar-refractivity contribution in [2.45, 2.75) is 0 Å². The maximum atomic E-state index is 12.0. The molecule has 1 amide bonds. The number of aryl methyl sites for hydroxylation is 2. The monoisotopic (exact) mass is 391 g/mol. The molecule has 0 aliphatic heterocycles. The van der Waals surface area contributed by atoms with Crippen LogP contribution in [0.4, 0.5) is 5.69 Å². The molecule has 3 aromatic rings. The van der Waals surface area contributed by atoms with Gasteiger partial charge < -0.3 is 5.32 Å². The van der Waals surface area contributed by atoms with Crippen LogP contribution in [0.15, 0.2) is 45.0 Å². The zero-order valence-corrected chi connectivity index (χ0v) is 14.9. The molecule has 0 radical (unpaired) electrons. The molecule has 0 aliphatic rings. The molecule has 0 unspecified atom stereocenters. The van der Waals surface area contributed by atoms with Crippen molar-refractivity contribution in [3.8, 4) is 0 Å². The molecule has 7 heteroatoms. The maximum absolute atomic E-state index is 12.0. The first-order chi connectivity index (χ1) is 11.0. The number of carbonyl (C=O) groups excluding carboxylic acids is 1. The van der Waals surface area contributed by atoms with Gasteiger partial charge in [0.1, 0.15) is 0 Å². The number of thiophene rings is 1. The number of nitrogens with zero attached hydrogens (tertiary/aromatic N) is 2. The molecule has 0 fully saturated rings. The quantitative estimate of drug-likeness (QED) is 0.695. The Bertz CT molecular complexity index is 981. The van der Waals surface area contributed by atoms with Crippen LogP contribution < -0.4 is 11.0 Å². The fourth-order valence-electron chi connectivity index (χ4n) is 2.34. The number of imidazole rings is 1. The van der Waals surface area contributed by atoms with Crippen LogP contribution in [-0.4, -0.2) is 15.0 Å². The Morgan fingerprint density at radius 2 is 1.91 bits per heavy atom. The van der Waals surface area contributed by atoms with E-state index in [-0.39, 0.29) is 11.6 Å². The zero-order chi connectivity index (χ0) is 16.6. The van der Waals surface area contributed by atoms with E-state index in [9.17, 15) is 9.59 Å². The van der Waals surface area contributed by atoms with E-state index in [1.807, 2.05) is 18.2 Å². The number of benzene rings is 1. The number of halogens is 1. The van der Waals surface area contributed by atoms with Crippen molar-refractivity contribution < 1.29 is 4.79 Å². The second-order valence-electron chi connectivity index (χ2n) is 5.07. The van der Waals surface area contributed by atoms with Gasteiger partial charge in [-0.1, -0.05) is 0 Å². The number of fused-ring (bicyclic) bond motifs is 1. The van der Waals surface area contributed by atoms with E-state index in [4.69, 9.17) is 0 Å². The van der Waals surface area contributed by atoms with E-state index in [0.717, 1.165) is 19.7 Å². The average Bonchev–Trinajstić information content (AvgIpc) is 3.04. The van der Waals surface area contributed by atoms with Gasteiger partial charge in [0.25, 0.3) is 0 Å². The lowest BCUT2D eigenvalue weighted by atomic mass is 10.2. The highest BCUT2D eigenvalue weighted by Gasteiger charge is 2.08. The number of rotatable bonds is 3. The highest BCUT2D eigenvalue weighted by molar-refractivity contribution is 9.11. The molecule has 0 bridgehead atoms. The summed E-state index contributed by atoms with van der Waals surface area (Å²) in [6, 6.07) is 9.28. The average molecular weight is 392 g/mol. The Balaban J connectivity index is 1.81. The largest absolute Gasteiger partial charge is 0.328 e. The van der Waals surface area contributed by atoms with Gasteiger partial charge in [-0.3, -0.25) is 13.9 Å². The summed E-state index contributed by atoms with van der Waals surface area (Å²) >= 11 is 4.94. The van der Waals surface area contributed by atoms with Crippen LogP contribution in [-0.2, 0) is 18.9 Å². The minimum absolute atomic E-state index is 0.0911. The number of hydrogen-bond donors (Lipinski definition) is 1. The van der Waals surface area contributed by atoms with Gasteiger partial charge in [0.2, 0.25) is 5.91 Å². The number of amides is 1. The second-order valence-corrected chi connectivity index (χ2v) is 7.56. The van der Waals surface area contributed by atoms with E-state index in [1.54, 1.807) is 52.8 Å². The molecular formula is C16H14BrN3O2S. The number of carbonyl (C=O) groups is 1. The van der Waals surface area contributed by atoms with E-state index < -0.39 is 0 Å². The molecule has 2 aromatic heterocycles. The fraction of sp³-hybridized carbons (Fsp3) is 0.125. The lowest BCUT2D eigenvalue weighted by Crippen LogP contribution is -2.19. The first-order valence-corrected chi connectivity index (χ1v) is 8.46. The molecule has 3 rings (SSSR count). The molecule has 1 N–H and O–H groups in total. The number of hydrogen-bond acceptors (Lipinski definition) is 3. The third-order valence-electron chi connectivity index (χ3n) is 3.53. The van der Waals surface area contributed by atoms with E-state index >= 15 is 0 Å². The summed E-state index contributed by atoms with van der Waals surface area (Å²) in [4.78, 5) is 24.9. The summed E-state index contributed by atoms with van der Waals surface area (Å²) < 4.78 is 4.16. The summed E-state index contributed by atoms with van der Waals surface area (Å²) in [5.41, 5.74) is 2.17. The van der Waals surface area contributed by atoms with Crippen molar-refractivity contribution in [2.24, 2.45) is 14.1 Å². The first-order valence-electron chi connectivity index (χ1n) is 6.85. The van der Waals surface area contributed by atoms with Crippen molar-refractivity contribution in [1.29, 1.82) is 0 Å². The summed E-state index contributed by atoms with van der Waals surface area (Å²) in [6.07, 6.45) is 3.26. The molecule has 118 valence electrons. The highest BCUT2D eigenvalue weighted by atomic mass is 79.9. The minimum Gasteiger partial charge on any atom is -0.322 e. The molecule has 5 nitrogen and oxygen atoms in total. The third-order valence-corrected chi connectivity index (χ3v) is 5.12. The van der Waals surface area contributed by atoms with Gasteiger partial charge in [-0.05, 0) is 52.3 Å². The number of nitrogens with one attached hydrogen (secondary N) is 1. The first kappa shape index (κ1) is 15.8. The molecule has 0 spiro atoms. The van der Waals surface area contributed by atoms with Crippen LogP contribution in [0.5, 0.6) is 0 Å². The van der Waals surface area contributed by atoms with Crippen LogP contribution in [0.1, 0.15) is 4.88 Å². The Kier molecular flexibility index (Phi) is 4.23. The summed E-state index contributed by atoms with van der Waals surface area (Å²) in [5.74, 6) is -0.213. The van der Waals surface area contributed by atoms with Crippen LogP contribution in [0.25, 0.3) is 17.1 Å². The smallest absolute Gasteiger partial charge is 0.322 e. The minimum atomic E-state index is -0.213. The molecule has 23 heavy (non-hydrogen) atoms. The topological polar surface area (TPSA) is 56.0 Å². The van der Waals surface area contributed by atoms with Crippen LogP contribution in [0, 0.1) is 0 Å². The van der Waals surface area contributed by atoms with Crippen LogP contribution in [0.2, 0.25) is 0 Å². The standard InChI is InChI=1S/C16H14BrN3O2S/c1-19-12-6-3-10(9-13(12)20(2)16(19)22)18-15(21)8-5-11-4-7-14(17)23-11/h3-9H,1-2H3,(H,18,21)/b8-5+. The Morgan fingerprint density at radius 3 is 2.61 bits per heavy atom. The summed E-state index contributed by atoms with van der Waals surface area (Å²) in [7, 11) is 3.44. The highest BCUT2D eigenvalue weighted by Crippen LogP contribution is 2.23. The van der Waals surface area contributed by atoms with E-state index in [2.05, 4.69) is 21.2 Å². The van der Waals surface area contributed by atoms with Gasteiger partial charge in [0.05, 0.1) is 14.8 Å². The summed E-state index contributed by atoms with van der Waals surface area (Å²) in [5, 5.41) is 2.81. The molecule has 1 aromatic carbocycles. The van der Waals surface area contributed by atoms with E-state index in [1.165, 1.54) is 6.08 Å². The SMILES string of the molecule is Cn1c(=O)n(C)c2cc(NC(=O)/C=C/c3ccc(Br)s3)ccc21. The van der Waals surface area contributed by atoms with Crippen molar-refractivity contribution in [2.75, 3.05) is 5.32 Å². The normalized spacial score (nSPS) is 11.4. The maximum Gasteiger partial charge on any atom is 0.328 e. The fourth-order valence-corrected chi connectivity index (χ4v) is 3.67. The van der Waals surface area contributed by atoms with Crippen molar-refractivity contribution in [3.63, 3.8) is 0 Å². The van der Waals surface area contributed by atoms with E-state index in [0.29, 0.717) is 5.69 Å². The molecule has 0 saturated heterocycles. The van der Waals surface area contributed by atoms with Gasteiger partial charge in [0.15, 0.2) is 0 Å². The predicted octanol–water partition coefficient (Wildman–Crippen LogP) is 3.35.